The van der Waals surface area contributed by atoms with E-state index in [4.69, 9.17) is 16.7 Å². The van der Waals surface area contributed by atoms with E-state index in [2.05, 4.69) is 16.2 Å². The van der Waals surface area contributed by atoms with Gasteiger partial charge in [0.05, 0.1) is 35.0 Å². The molecule has 0 aliphatic heterocycles. The van der Waals surface area contributed by atoms with Crippen molar-refractivity contribution >= 4 is 22.7 Å². The van der Waals surface area contributed by atoms with Crippen LogP contribution in [0.3, 0.4) is 0 Å². The van der Waals surface area contributed by atoms with Crippen molar-refractivity contribution < 1.29 is 9.59 Å². The first-order valence-electron chi connectivity index (χ1n) is 9.45. The summed E-state index contributed by atoms with van der Waals surface area (Å²) >= 11 is 0. The maximum atomic E-state index is 12.4. The van der Waals surface area contributed by atoms with Gasteiger partial charge in [-0.25, -0.2) is 4.98 Å². The summed E-state index contributed by atoms with van der Waals surface area (Å²) in [4.78, 5) is 29.1. The van der Waals surface area contributed by atoms with Gasteiger partial charge in [-0.1, -0.05) is 30.3 Å². The summed E-state index contributed by atoms with van der Waals surface area (Å²) < 4.78 is 1.69. The van der Waals surface area contributed by atoms with Gasteiger partial charge in [-0.2, -0.15) is 10.4 Å². The third-order valence-electron chi connectivity index (χ3n) is 5.02. The highest BCUT2D eigenvalue weighted by molar-refractivity contribution is 6.15. The molecule has 31 heavy (non-hydrogen) atoms. The number of hydrogen-bond acceptors (Lipinski definition) is 5. The Morgan fingerprint density at radius 2 is 1.77 bits per heavy atom. The number of nitrogens with two attached hydrogens (primary N) is 2. The number of pyridine rings is 1. The molecule has 0 radical (unpaired) electrons. The Morgan fingerprint density at radius 1 is 1.06 bits per heavy atom. The molecule has 152 valence electrons. The van der Waals surface area contributed by atoms with E-state index in [-0.39, 0.29) is 16.8 Å². The molecule has 4 N–H and O–H groups in total. The molecule has 0 aliphatic rings. The topological polar surface area (TPSA) is 141 Å². The smallest absolute Gasteiger partial charge is 0.267 e. The minimum Gasteiger partial charge on any atom is -0.366 e. The fraction of sp³-hybridized carbons (Fsp3) is 0.0870. The van der Waals surface area contributed by atoms with Crippen LogP contribution < -0.4 is 11.5 Å². The molecule has 0 saturated heterocycles. The molecule has 8 nitrogen and oxygen atoms in total. The van der Waals surface area contributed by atoms with Crippen LogP contribution in [0.4, 0.5) is 0 Å². The maximum absolute atomic E-state index is 12.4. The first-order chi connectivity index (χ1) is 14.9. The quantitative estimate of drug-likeness (QED) is 0.520. The Kier molecular flexibility index (Phi) is 4.93. The zero-order valence-electron chi connectivity index (χ0n) is 16.7. The van der Waals surface area contributed by atoms with Gasteiger partial charge in [-0.05, 0) is 30.7 Å². The van der Waals surface area contributed by atoms with Crippen molar-refractivity contribution in [3.63, 3.8) is 0 Å². The highest BCUT2D eigenvalue weighted by Gasteiger charge is 2.25. The van der Waals surface area contributed by atoms with Crippen molar-refractivity contribution in [2.24, 2.45) is 11.5 Å². The number of benzene rings is 2. The van der Waals surface area contributed by atoms with E-state index in [0.29, 0.717) is 34.3 Å². The number of fused-ring (bicyclic) bond motifs is 1. The van der Waals surface area contributed by atoms with E-state index >= 15 is 0 Å². The highest BCUT2D eigenvalue weighted by atomic mass is 16.1. The molecule has 2 aromatic carbocycles. The third-order valence-corrected chi connectivity index (χ3v) is 5.02. The molecule has 2 heterocycles. The minimum absolute atomic E-state index is 0.0338. The molecule has 4 aromatic rings. The van der Waals surface area contributed by atoms with Crippen molar-refractivity contribution in [3.8, 4) is 17.2 Å². The molecule has 2 amide bonds. The van der Waals surface area contributed by atoms with Gasteiger partial charge in [0.2, 0.25) is 5.91 Å². The normalized spacial score (nSPS) is 10.7. The number of carbonyl (C=O) groups is 2. The van der Waals surface area contributed by atoms with E-state index in [1.54, 1.807) is 54.2 Å². The lowest BCUT2D eigenvalue weighted by Crippen LogP contribution is -2.20. The molecule has 2 aromatic heterocycles. The van der Waals surface area contributed by atoms with Crippen LogP contribution >= 0.6 is 0 Å². The van der Waals surface area contributed by atoms with Gasteiger partial charge in [-0.15, -0.1) is 0 Å². The highest BCUT2D eigenvalue weighted by Crippen LogP contribution is 2.33. The first kappa shape index (κ1) is 19.8. The molecule has 0 saturated carbocycles. The standard InChI is InChI=1S/C23H18N6O2/c1-13-17(12-29(28-13)11-15-8-6-14(10-24)7-9-15)19-20(22(25)30)16-4-2-3-5-18(16)27-21(19)23(26)31/h2-9,12H,11H2,1H3,(H2,25,30)(H2,26,31). The van der Waals surface area contributed by atoms with Crippen LogP contribution in [0.2, 0.25) is 0 Å². The van der Waals surface area contributed by atoms with Gasteiger partial charge in [0.15, 0.2) is 0 Å². The van der Waals surface area contributed by atoms with Crippen LogP contribution in [0.25, 0.3) is 22.0 Å². The van der Waals surface area contributed by atoms with E-state index in [9.17, 15) is 9.59 Å². The second-order valence-electron chi connectivity index (χ2n) is 7.09. The fourth-order valence-corrected chi connectivity index (χ4v) is 3.62. The van der Waals surface area contributed by atoms with Crippen molar-refractivity contribution in [1.82, 2.24) is 14.8 Å². The minimum atomic E-state index is -0.762. The number of nitrogens with zero attached hydrogens (tertiary/aromatic N) is 4. The van der Waals surface area contributed by atoms with Crippen molar-refractivity contribution in [2.75, 3.05) is 0 Å². The fourth-order valence-electron chi connectivity index (χ4n) is 3.62. The third kappa shape index (κ3) is 3.60. The average molecular weight is 410 g/mol. The van der Waals surface area contributed by atoms with E-state index < -0.39 is 11.8 Å². The monoisotopic (exact) mass is 410 g/mol. The molecular formula is C23H18N6O2. The van der Waals surface area contributed by atoms with Crippen molar-refractivity contribution in [1.29, 1.82) is 5.26 Å². The summed E-state index contributed by atoms with van der Waals surface area (Å²) in [6, 6.07) is 16.2. The van der Waals surface area contributed by atoms with Crippen LogP contribution in [0.15, 0.2) is 54.7 Å². The van der Waals surface area contributed by atoms with Crippen LogP contribution in [-0.4, -0.2) is 26.6 Å². The zero-order chi connectivity index (χ0) is 22.1. The van der Waals surface area contributed by atoms with Crippen LogP contribution in [-0.2, 0) is 6.54 Å². The Hall–Kier alpha value is -4.51. The molecule has 8 heteroatoms. The average Bonchev–Trinajstić information content (AvgIpc) is 3.12. The predicted molar refractivity (Wildman–Crippen MR) is 115 cm³/mol. The number of para-hydroxylation sites is 1. The van der Waals surface area contributed by atoms with E-state index in [1.165, 1.54) is 0 Å². The van der Waals surface area contributed by atoms with Crippen molar-refractivity contribution in [3.05, 3.63) is 82.8 Å². The maximum Gasteiger partial charge on any atom is 0.267 e. The molecule has 0 aliphatic carbocycles. The van der Waals surface area contributed by atoms with E-state index in [1.807, 2.05) is 12.1 Å². The van der Waals surface area contributed by atoms with Gasteiger partial charge >= 0.3 is 0 Å². The molecule has 4 rings (SSSR count). The summed E-state index contributed by atoms with van der Waals surface area (Å²) in [6.07, 6.45) is 1.73. The Morgan fingerprint density at radius 3 is 2.42 bits per heavy atom. The number of rotatable bonds is 5. The number of carbonyl (C=O) groups excluding carboxylic acids is 2. The molecule has 0 spiro atoms. The second kappa shape index (κ2) is 7.72. The van der Waals surface area contributed by atoms with Crippen LogP contribution in [0.5, 0.6) is 0 Å². The second-order valence-corrected chi connectivity index (χ2v) is 7.09. The lowest BCUT2D eigenvalue weighted by molar-refractivity contribution is 0.0996. The first-order valence-corrected chi connectivity index (χ1v) is 9.45. The molecule has 0 unspecified atom stereocenters. The summed E-state index contributed by atoms with van der Waals surface area (Å²) in [5, 5.41) is 14.0. The molecule has 0 fully saturated rings. The number of aromatic nitrogens is 3. The zero-order valence-corrected chi connectivity index (χ0v) is 16.7. The number of primary amides is 2. The number of amides is 2. The van der Waals surface area contributed by atoms with Gasteiger partial charge in [0.25, 0.3) is 5.91 Å². The van der Waals surface area contributed by atoms with Crippen LogP contribution in [0.1, 0.15) is 37.7 Å². The number of nitriles is 1. The van der Waals surface area contributed by atoms with Gasteiger partial charge in [0.1, 0.15) is 5.69 Å². The van der Waals surface area contributed by atoms with Gasteiger partial charge in [0, 0.05) is 22.7 Å². The SMILES string of the molecule is Cc1nn(Cc2ccc(C#N)cc2)cc1-c1c(C(N)=O)nc2ccccc2c1C(N)=O. The number of aryl methyl sites for hydroxylation is 1. The molecule has 0 bridgehead atoms. The summed E-state index contributed by atoms with van der Waals surface area (Å²) in [5.74, 6) is -1.45. The Labute approximate surface area is 177 Å². The summed E-state index contributed by atoms with van der Waals surface area (Å²) in [5.41, 5.74) is 14.9. The largest absolute Gasteiger partial charge is 0.366 e. The van der Waals surface area contributed by atoms with Gasteiger partial charge in [-0.3, -0.25) is 14.3 Å². The van der Waals surface area contributed by atoms with E-state index in [0.717, 1.165) is 5.56 Å². The lowest BCUT2D eigenvalue weighted by atomic mass is 9.94. The molecule has 0 atom stereocenters. The van der Waals surface area contributed by atoms with Gasteiger partial charge < -0.3 is 11.5 Å². The van der Waals surface area contributed by atoms with Crippen molar-refractivity contribution in [2.45, 2.75) is 13.5 Å². The summed E-state index contributed by atoms with van der Waals surface area (Å²) in [7, 11) is 0. The predicted octanol–water partition coefficient (Wildman–Crippen LogP) is 2.52. The Bertz CT molecular complexity index is 1380. The van der Waals surface area contributed by atoms with Crippen LogP contribution in [0, 0.1) is 18.3 Å². The number of hydrogen-bond donors (Lipinski definition) is 2. The Balaban J connectivity index is 1.89. The summed E-state index contributed by atoms with van der Waals surface area (Å²) in [6.45, 7) is 2.21. The lowest BCUT2D eigenvalue weighted by Gasteiger charge is -2.13. The molecular weight excluding hydrogens is 392 g/mol.